The minimum absolute atomic E-state index is 0.322. The Hall–Kier alpha value is -0.910. The number of aromatic nitrogens is 2. The second-order valence-electron chi connectivity index (χ2n) is 4.42. The Bertz CT molecular complexity index is 592. The molecule has 102 valence electrons. The van der Waals surface area contributed by atoms with Crippen molar-refractivity contribution in [3.63, 3.8) is 0 Å². The van der Waals surface area contributed by atoms with Gasteiger partial charge in [0.15, 0.2) is 0 Å². The maximum atomic E-state index is 13.8. The third kappa shape index (κ3) is 2.83. The van der Waals surface area contributed by atoms with E-state index in [0.717, 1.165) is 11.4 Å². The summed E-state index contributed by atoms with van der Waals surface area (Å²) in [6, 6.07) is 4.32. The van der Waals surface area contributed by atoms with E-state index in [1.807, 2.05) is 6.92 Å². The summed E-state index contributed by atoms with van der Waals surface area (Å²) < 4.78 is 16.2. The van der Waals surface area contributed by atoms with Crippen LogP contribution in [-0.4, -0.2) is 9.78 Å². The topological polar surface area (TPSA) is 43.8 Å². The minimum atomic E-state index is -0.483. The van der Waals surface area contributed by atoms with E-state index in [-0.39, 0.29) is 5.82 Å². The van der Waals surface area contributed by atoms with E-state index in [1.54, 1.807) is 23.9 Å². The van der Waals surface area contributed by atoms with Gasteiger partial charge in [-0.1, -0.05) is 33.6 Å². The van der Waals surface area contributed by atoms with Crippen molar-refractivity contribution in [3.05, 3.63) is 50.5 Å². The Labute approximate surface area is 124 Å². The van der Waals surface area contributed by atoms with Crippen LogP contribution in [0.1, 0.15) is 23.0 Å². The molecule has 1 atom stereocenters. The fourth-order valence-electron chi connectivity index (χ4n) is 2.08. The predicted octanol–water partition coefficient (Wildman–Crippen LogP) is 3.53. The Balaban J connectivity index is 2.33. The van der Waals surface area contributed by atoms with Gasteiger partial charge < -0.3 is 5.73 Å². The average molecular weight is 347 g/mol. The molecular formula is C13H14BrClFN3. The van der Waals surface area contributed by atoms with Crippen LogP contribution in [0.2, 0.25) is 5.02 Å². The molecule has 0 fully saturated rings. The molecule has 0 aliphatic heterocycles. The van der Waals surface area contributed by atoms with Gasteiger partial charge in [-0.25, -0.2) is 4.39 Å². The van der Waals surface area contributed by atoms with Crippen LogP contribution in [-0.2, 0) is 13.5 Å². The van der Waals surface area contributed by atoms with Crippen molar-refractivity contribution >= 4 is 27.5 Å². The smallest absolute Gasteiger partial charge is 0.129 e. The summed E-state index contributed by atoms with van der Waals surface area (Å²) in [6.07, 6.45) is 0.426. The van der Waals surface area contributed by atoms with Crippen LogP contribution in [0, 0.1) is 12.7 Å². The standard InChI is InChI=1S/C13H14BrClFN3/c1-7-13(15)11(19(2)18-7)6-10(17)12-8(14)4-3-5-9(12)16/h3-5,10H,6,17H2,1-2H3. The van der Waals surface area contributed by atoms with Gasteiger partial charge in [0.2, 0.25) is 0 Å². The quantitative estimate of drug-likeness (QED) is 0.924. The van der Waals surface area contributed by atoms with E-state index in [2.05, 4.69) is 21.0 Å². The largest absolute Gasteiger partial charge is 0.323 e. The lowest BCUT2D eigenvalue weighted by Gasteiger charge is -2.15. The molecule has 0 saturated heterocycles. The van der Waals surface area contributed by atoms with Crippen LogP contribution in [0.25, 0.3) is 0 Å². The first-order chi connectivity index (χ1) is 8.91. The van der Waals surface area contributed by atoms with Crippen molar-refractivity contribution in [2.45, 2.75) is 19.4 Å². The van der Waals surface area contributed by atoms with E-state index in [4.69, 9.17) is 17.3 Å². The van der Waals surface area contributed by atoms with Crippen molar-refractivity contribution in [2.75, 3.05) is 0 Å². The molecule has 0 spiro atoms. The molecule has 0 aliphatic rings. The van der Waals surface area contributed by atoms with Gasteiger partial charge in [0.1, 0.15) is 5.82 Å². The Kier molecular flexibility index (Phi) is 4.28. The zero-order chi connectivity index (χ0) is 14.2. The number of benzene rings is 1. The van der Waals surface area contributed by atoms with Crippen LogP contribution >= 0.6 is 27.5 Å². The van der Waals surface area contributed by atoms with E-state index in [0.29, 0.717) is 21.5 Å². The average Bonchev–Trinajstić information content (AvgIpc) is 2.56. The van der Waals surface area contributed by atoms with Crippen LogP contribution in [0.4, 0.5) is 4.39 Å². The van der Waals surface area contributed by atoms with Gasteiger partial charge in [-0.05, 0) is 19.1 Å². The lowest BCUT2D eigenvalue weighted by atomic mass is 10.0. The normalized spacial score (nSPS) is 12.7. The number of hydrogen-bond acceptors (Lipinski definition) is 2. The fourth-order valence-corrected chi connectivity index (χ4v) is 2.95. The van der Waals surface area contributed by atoms with Crippen LogP contribution in [0.3, 0.4) is 0 Å². The molecule has 1 unspecified atom stereocenters. The van der Waals surface area contributed by atoms with E-state index in [1.165, 1.54) is 6.07 Å². The Morgan fingerprint density at radius 1 is 1.53 bits per heavy atom. The molecule has 0 radical (unpaired) electrons. The molecule has 2 aromatic rings. The fraction of sp³-hybridized carbons (Fsp3) is 0.308. The molecule has 0 bridgehead atoms. The maximum Gasteiger partial charge on any atom is 0.129 e. The lowest BCUT2D eigenvalue weighted by Crippen LogP contribution is -2.17. The molecule has 19 heavy (non-hydrogen) atoms. The zero-order valence-corrected chi connectivity index (χ0v) is 13.0. The van der Waals surface area contributed by atoms with E-state index in [9.17, 15) is 4.39 Å². The van der Waals surface area contributed by atoms with Gasteiger partial charge in [-0.2, -0.15) is 5.10 Å². The number of rotatable bonds is 3. The number of halogens is 3. The van der Waals surface area contributed by atoms with E-state index < -0.39 is 6.04 Å². The molecule has 6 heteroatoms. The summed E-state index contributed by atoms with van der Waals surface area (Å²) >= 11 is 9.51. The van der Waals surface area contributed by atoms with Crippen LogP contribution < -0.4 is 5.73 Å². The molecule has 1 heterocycles. The summed E-state index contributed by atoms with van der Waals surface area (Å²) in [7, 11) is 1.80. The first-order valence-corrected chi connectivity index (χ1v) is 6.96. The predicted molar refractivity (Wildman–Crippen MR) is 77.7 cm³/mol. The second-order valence-corrected chi connectivity index (χ2v) is 5.65. The molecule has 1 aromatic carbocycles. The zero-order valence-electron chi connectivity index (χ0n) is 10.6. The molecule has 0 amide bonds. The maximum absolute atomic E-state index is 13.8. The summed E-state index contributed by atoms with van der Waals surface area (Å²) in [5, 5.41) is 4.81. The van der Waals surface area contributed by atoms with Crippen molar-refractivity contribution in [3.8, 4) is 0 Å². The van der Waals surface area contributed by atoms with Gasteiger partial charge in [0, 0.05) is 29.5 Å². The van der Waals surface area contributed by atoms with Gasteiger partial charge in [-0.3, -0.25) is 4.68 Å². The van der Waals surface area contributed by atoms with Gasteiger partial charge >= 0.3 is 0 Å². The molecule has 0 aliphatic carbocycles. The lowest BCUT2D eigenvalue weighted by molar-refractivity contribution is 0.566. The summed E-state index contributed by atoms with van der Waals surface area (Å²) in [5.74, 6) is -0.322. The van der Waals surface area contributed by atoms with Gasteiger partial charge in [0.25, 0.3) is 0 Å². The highest BCUT2D eigenvalue weighted by Gasteiger charge is 2.19. The number of nitrogens with zero attached hydrogens (tertiary/aromatic N) is 2. The van der Waals surface area contributed by atoms with Crippen LogP contribution in [0.15, 0.2) is 22.7 Å². The summed E-state index contributed by atoms with van der Waals surface area (Å²) in [4.78, 5) is 0. The first-order valence-electron chi connectivity index (χ1n) is 5.79. The summed E-state index contributed by atoms with van der Waals surface area (Å²) in [5.41, 5.74) is 8.12. The van der Waals surface area contributed by atoms with Crippen LogP contribution in [0.5, 0.6) is 0 Å². The molecular weight excluding hydrogens is 333 g/mol. The summed E-state index contributed by atoms with van der Waals surface area (Å²) in [6.45, 7) is 1.83. The Morgan fingerprint density at radius 3 is 2.74 bits per heavy atom. The molecule has 2 rings (SSSR count). The third-order valence-electron chi connectivity index (χ3n) is 3.05. The Morgan fingerprint density at radius 2 is 2.21 bits per heavy atom. The molecule has 0 saturated carbocycles. The highest BCUT2D eigenvalue weighted by Crippen LogP contribution is 2.29. The van der Waals surface area contributed by atoms with Crippen molar-refractivity contribution in [1.82, 2.24) is 9.78 Å². The van der Waals surface area contributed by atoms with Crippen molar-refractivity contribution < 1.29 is 4.39 Å². The molecule has 2 N–H and O–H groups in total. The number of hydrogen-bond donors (Lipinski definition) is 1. The highest BCUT2D eigenvalue weighted by molar-refractivity contribution is 9.10. The second kappa shape index (κ2) is 5.61. The molecule has 3 nitrogen and oxygen atoms in total. The highest BCUT2D eigenvalue weighted by atomic mass is 79.9. The SMILES string of the molecule is Cc1nn(C)c(CC(N)c2c(F)cccc2Br)c1Cl. The molecule has 1 aromatic heterocycles. The van der Waals surface area contributed by atoms with Gasteiger partial charge in [-0.15, -0.1) is 0 Å². The monoisotopic (exact) mass is 345 g/mol. The number of nitrogens with two attached hydrogens (primary N) is 1. The van der Waals surface area contributed by atoms with E-state index >= 15 is 0 Å². The third-order valence-corrected chi connectivity index (χ3v) is 4.23. The van der Waals surface area contributed by atoms with Gasteiger partial charge in [0.05, 0.1) is 16.4 Å². The first kappa shape index (κ1) is 14.5. The van der Waals surface area contributed by atoms with Crippen molar-refractivity contribution in [1.29, 1.82) is 0 Å². The minimum Gasteiger partial charge on any atom is -0.323 e. The number of aryl methyl sites for hydroxylation is 2. The van der Waals surface area contributed by atoms with Crippen molar-refractivity contribution in [2.24, 2.45) is 12.8 Å².